The van der Waals surface area contributed by atoms with Crippen molar-refractivity contribution in [1.82, 2.24) is 10.2 Å². The van der Waals surface area contributed by atoms with E-state index in [1.165, 1.54) is 11.9 Å². The van der Waals surface area contributed by atoms with Gasteiger partial charge in [-0.3, -0.25) is 14.4 Å². The molecule has 0 spiro atoms. The highest BCUT2D eigenvalue weighted by atomic mass is 16.5. The third kappa shape index (κ3) is 4.45. The molecule has 2 N–H and O–H groups in total. The monoisotopic (exact) mass is 319 g/mol. The first-order valence-electron chi connectivity index (χ1n) is 7.46. The fraction of sp³-hybridized carbons (Fsp3) is 0.438. The summed E-state index contributed by atoms with van der Waals surface area (Å²) in [5, 5.41) is 5.42. The van der Waals surface area contributed by atoms with Crippen LogP contribution in [0.1, 0.15) is 20.3 Å². The first-order valence-corrected chi connectivity index (χ1v) is 7.46. The predicted octanol–water partition coefficient (Wildman–Crippen LogP) is 0.759. The van der Waals surface area contributed by atoms with Crippen molar-refractivity contribution in [3.8, 4) is 5.75 Å². The smallest absolute Gasteiger partial charge is 0.266 e. The Bertz CT molecular complexity index is 615. The van der Waals surface area contributed by atoms with Gasteiger partial charge in [-0.2, -0.15) is 0 Å². The highest BCUT2D eigenvalue weighted by molar-refractivity contribution is 6.00. The molecule has 1 aliphatic heterocycles. The molecule has 1 aliphatic rings. The van der Waals surface area contributed by atoms with Crippen molar-refractivity contribution in [3.05, 3.63) is 24.3 Å². The normalized spacial score (nSPS) is 16.2. The molecule has 2 rings (SSSR count). The standard InChI is InChI=1S/C16H21N3O4/c1-10(2)17-14(20)9-19(3)15(21)8-13-16(22)18-11-6-4-5-7-12(11)23-13/h4-7,10,13H,8-9H2,1-3H3,(H,17,20)(H,18,22)/t13-/m0/s1. The summed E-state index contributed by atoms with van der Waals surface area (Å²) in [7, 11) is 1.52. The Labute approximate surface area is 135 Å². The summed E-state index contributed by atoms with van der Waals surface area (Å²) in [6.07, 6.45) is -1.01. The molecule has 0 aliphatic carbocycles. The van der Waals surface area contributed by atoms with Gasteiger partial charge in [0.25, 0.3) is 5.91 Å². The number of para-hydroxylation sites is 2. The Balaban J connectivity index is 1.92. The van der Waals surface area contributed by atoms with Gasteiger partial charge in [0.1, 0.15) is 5.75 Å². The van der Waals surface area contributed by atoms with Crippen molar-refractivity contribution in [2.75, 3.05) is 18.9 Å². The van der Waals surface area contributed by atoms with Gasteiger partial charge in [-0.15, -0.1) is 0 Å². The quantitative estimate of drug-likeness (QED) is 0.839. The molecule has 0 radical (unpaired) electrons. The van der Waals surface area contributed by atoms with Crippen molar-refractivity contribution in [3.63, 3.8) is 0 Å². The number of hydrogen-bond donors (Lipinski definition) is 2. The van der Waals surface area contributed by atoms with Crippen LogP contribution < -0.4 is 15.4 Å². The van der Waals surface area contributed by atoms with E-state index in [0.29, 0.717) is 11.4 Å². The van der Waals surface area contributed by atoms with Crippen molar-refractivity contribution in [2.24, 2.45) is 0 Å². The number of rotatable bonds is 5. The molecule has 0 saturated carbocycles. The molecule has 0 bridgehead atoms. The summed E-state index contributed by atoms with van der Waals surface area (Å²) in [4.78, 5) is 37.1. The number of nitrogens with zero attached hydrogens (tertiary/aromatic N) is 1. The lowest BCUT2D eigenvalue weighted by atomic mass is 10.1. The molecule has 7 heteroatoms. The summed E-state index contributed by atoms with van der Waals surface area (Å²) in [5.41, 5.74) is 0.589. The molecule has 0 unspecified atom stereocenters. The number of ether oxygens (including phenoxy) is 1. The maximum absolute atomic E-state index is 12.2. The first kappa shape index (κ1) is 16.8. The van der Waals surface area contributed by atoms with Crippen LogP contribution in [0.25, 0.3) is 0 Å². The summed E-state index contributed by atoms with van der Waals surface area (Å²) < 4.78 is 5.57. The van der Waals surface area contributed by atoms with Gasteiger partial charge in [-0.05, 0) is 26.0 Å². The number of carbonyl (C=O) groups is 3. The van der Waals surface area contributed by atoms with Crippen LogP contribution in [0, 0.1) is 0 Å². The zero-order valence-corrected chi connectivity index (χ0v) is 13.5. The third-order valence-corrected chi connectivity index (χ3v) is 3.32. The molecule has 1 aromatic carbocycles. The molecule has 1 aromatic rings. The summed E-state index contributed by atoms with van der Waals surface area (Å²) in [5.74, 6) is -0.402. The lowest BCUT2D eigenvalue weighted by Crippen LogP contribution is -2.44. The number of carbonyl (C=O) groups excluding carboxylic acids is 3. The van der Waals surface area contributed by atoms with E-state index >= 15 is 0 Å². The summed E-state index contributed by atoms with van der Waals surface area (Å²) in [6.45, 7) is 3.64. The molecule has 1 atom stereocenters. The molecular weight excluding hydrogens is 298 g/mol. The number of fused-ring (bicyclic) bond motifs is 1. The summed E-state index contributed by atoms with van der Waals surface area (Å²) in [6, 6.07) is 7.04. The van der Waals surface area contributed by atoms with E-state index in [2.05, 4.69) is 10.6 Å². The minimum absolute atomic E-state index is 0.00922. The maximum Gasteiger partial charge on any atom is 0.266 e. The maximum atomic E-state index is 12.2. The number of likely N-dealkylation sites (N-methyl/N-ethyl adjacent to an activating group) is 1. The molecule has 1 heterocycles. The Morgan fingerprint density at radius 1 is 1.35 bits per heavy atom. The Morgan fingerprint density at radius 3 is 2.74 bits per heavy atom. The van der Waals surface area contributed by atoms with Crippen LogP contribution in [0.3, 0.4) is 0 Å². The second kappa shape index (κ2) is 7.13. The second-order valence-corrected chi connectivity index (χ2v) is 5.77. The number of anilines is 1. The Morgan fingerprint density at radius 2 is 2.04 bits per heavy atom. The number of amides is 3. The third-order valence-electron chi connectivity index (χ3n) is 3.32. The fourth-order valence-electron chi connectivity index (χ4n) is 2.21. The van der Waals surface area contributed by atoms with Gasteiger partial charge in [0.15, 0.2) is 6.10 Å². The van der Waals surface area contributed by atoms with Gasteiger partial charge >= 0.3 is 0 Å². The minimum atomic E-state index is -0.895. The lowest BCUT2D eigenvalue weighted by molar-refractivity contribution is -0.138. The van der Waals surface area contributed by atoms with Crippen LogP contribution in [0.15, 0.2) is 24.3 Å². The van der Waals surface area contributed by atoms with Gasteiger partial charge in [-0.25, -0.2) is 0 Å². The van der Waals surface area contributed by atoms with Crippen molar-refractivity contribution >= 4 is 23.4 Å². The van der Waals surface area contributed by atoms with Crippen LogP contribution in [-0.4, -0.2) is 48.4 Å². The Hall–Kier alpha value is -2.57. The van der Waals surface area contributed by atoms with Crippen LogP contribution in [0.5, 0.6) is 5.75 Å². The summed E-state index contributed by atoms with van der Waals surface area (Å²) >= 11 is 0. The zero-order chi connectivity index (χ0) is 17.0. The number of benzene rings is 1. The predicted molar refractivity (Wildman–Crippen MR) is 85.0 cm³/mol. The molecule has 23 heavy (non-hydrogen) atoms. The van der Waals surface area contributed by atoms with Gasteiger partial charge in [0, 0.05) is 13.1 Å². The zero-order valence-electron chi connectivity index (χ0n) is 13.5. The first-order chi connectivity index (χ1) is 10.9. The van der Waals surface area contributed by atoms with Crippen LogP contribution >= 0.6 is 0 Å². The largest absolute Gasteiger partial charge is 0.478 e. The van der Waals surface area contributed by atoms with E-state index in [1.807, 2.05) is 13.8 Å². The average molecular weight is 319 g/mol. The van der Waals surface area contributed by atoms with Crippen LogP contribution in [-0.2, 0) is 14.4 Å². The van der Waals surface area contributed by atoms with E-state index in [-0.39, 0.29) is 36.7 Å². The second-order valence-electron chi connectivity index (χ2n) is 5.77. The lowest BCUT2D eigenvalue weighted by Gasteiger charge is -2.26. The van der Waals surface area contributed by atoms with E-state index in [4.69, 9.17) is 4.74 Å². The molecular formula is C16H21N3O4. The van der Waals surface area contributed by atoms with Crippen LogP contribution in [0.4, 0.5) is 5.69 Å². The molecule has 0 aromatic heterocycles. The molecule has 3 amide bonds. The molecule has 0 fully saturated rings. The Kier molecular flexibility index (Phi) is 5.20. The van der Waals surface area contributed by atoms with Gasteiger partial charge < -0.3 is 20.3 Å². The van der Waals surface area contributed by atoms with Crippen molar-refractivity contribution in [1.29, 1.82) is 0 Å². The highest BCUT2D eigenvalue weighted by Gasteiger charge is 2.30. The van der Waals surface area contributed by atoms with E-state index in [0.717, 1.165) is 0 Å². The van der Waals surface area contributed by atoms with Gasteiger partial charge in [-0.1, -0.05) is 12.1 Å². The van der Waals surface area contributed by atoms with Crippen LogP contribution in [0.2, 0.25) is 0 Å². The number of nitrogens with one attached hydrogen (secondary N) is 2. The van der Waals surface area contributed by atoms with E-state index < -0.39 is 6.10 Å². The van der Waals surface area contributed by atoms with Crippen molar-refractivity contribution < 1.29 is 19.1 Å². The van der Waals surface area contributed by atoms with E-state index in [1.54, 1.807) is 24.3 Å². The van der Waals surface area contributed by atoms with Gasteiger partial charge in [0.05, 0.1) is 18.7 Å². The van der Waals surface area contributed by atoms with E-state index in [9.17, 15) is 14.4 Å². The highest BCUT2D eigenvalue weighted by Crippen LogP contribution is 2.29. The molecule has 124 valence electrons. The fourth-order valence-corrected chi connectivity index (χ4v) is 2.21. The van der Waals surface area contributed by atoms with Gasteiger partial charge in [0.2, 0.25) is 11.8 Å². The topological polar surface area (TPSA) is 87.7 Å². The van der Waals surface area contributed by atoms with Crippen molar-refractivity contribution in [2.45, 2.75) is 32.4 Å². The average Bonchev–Trinajstić information content (AvgIpc) is 2.46. The SMILES string of the molecule is CC(C)NC(=O)CN(C)C(=O)C[C@@H]1Oc2ccccc2NC1=O. The number of hydrogen-bond acceptors (Lipinski definition) is 4. The molecule has 7 nitrogen and oxygen atoms in total. The minimum Gasteiger partial charge on any atom is -0.478 e. The molecule has 0 saturated heterocycles.